The second kappa shape index (κ2) is 4.14. The average molecular weight is 239 g/mol. The number of hydrogen-bond donors (Lipinski definition) is 1. The van der Waals surface area contributed by atoms with E-state index in [2.05, 4.69) is 11.1 Å². The van der Waals surface area contributed by atoms with Gasteiger partial charge in [0.15, 0.2) is 0 Å². The summed E-state index contributed by atoms with van der Waals surface area (Å²) in [6, 6.07) is 9.60. The number of benzene rings is 1. The highest BCUT2D eigenvalue weighted by molar-refractivity contribution is 6.10. The van der Waals surface area contributed by atoms with Crippen molar-refractivity contribution < 1.29 is 4.79 Å². The lowest BCUT2D eigenvalue weighted by atomic mass is 10.1. The van der Waals surface area contributed by atoms with E-state index in [0.717, 1.165) is 12.1 Å². The number of carbonyl (C=O) groups excluding carboxylic acids is 1. The Kier molecular flexibility index (Phi) is 2.48. The van der Waals surface area contributed by atoms with Crippen LogP contribution in [0.2, 0.25) is 0 Å². The molecule has 4 nitrogen and oxygen atoms in total. The molecular formula is C14H13N3O. The van der Waals surface area contributed by atoms with E-state index in [-0.39, 0.29) is 5.91 Å². The molecule has 2 heterocycles. The first-order chi connectivity index (χ1) is 8.77. The Labute approximate surface area is 105 Å². The van der Waals surface area contributed by atoms with E-state index in [4.69, 9.17) is 5.73 Å². The molecule has 0 radical (unpaired) electrons. The number of aromatic nitrogens is 1. The quantitative estimate of drug-likeness (QED) is 0.826. The number of amides is 1. The Balaban J connectivity index is 1.99. The third-order valence-corrected chi connectivity index (χ3v) is 3.22. The van der Waals surface area contributed by atoms with Gasteiger partial charge in [-0.3, -0.25) is 9.78 Å². The minimum Gasteiger partial charge on any atom is -0.398 e. The lowest BCUT2D eigenvalue weighted by Crippen LogP contribution is -2.29. The van der Waals surface area contributed by atoms with Crippen LogP contribution in [0.15, 0.2) is 42.7 Å². The lowest BCUT2D eigenvalue weighted by Gasteiger charge is -2.17. The molecule has 4 heteroatoms. The predicted molar refractivity (Wildman–Crippen MR) is 70.5 cm³/mol. The van der Waals surface area contributed by atoms with E-state index in [1.165, 1.54) is 11.8 Å². The zero-order chi connectivity index (χ0) is 12.5. The molecule has 1 aliphatic heterocycles. The molecule has 0 saturated heterocycles. The van der Waals surface area contributed by atoms with Crippen LogP contribution in [0, 0.1) is 0 Å². The van der Waals surface area contributed by atoms with Crippen LogP contribution >= 0.6 is 0 Å². The Morgan fingerprint density at radius 3 is 2.94 bits per heavy atom. The van der Waals surface area contributed by atoms with Crippen molar-refractivity contribution >= 4 is 17.3 Å². The molecule has 1 amide bonds. The minimum absolute atomic E-state index is 0.0782. The summed E-state index contributed by atoms with van der Waals surface area (Å²) in [5.41, 5.74) is 8.94. The molecule has 1 aromatic heterocycles. The van der Waals surface area contributed by atoms with Crippen molar-refractivity contribution in [3.63, 3.8) is 0 Å². The summed E-state index contributed by atoms with van der Waals surface area (Å²) < 4.78 is 0. The number of para-hydroxylation sites is 1. The molecule has 0 bridgehead atoms. The Hall–Kier alpha value is -2.36. The highest BCUT2D eigenvalue weighted by Gasteiger charge is 2.26. The standard InChI is InChI=1S/C14H13N3O/c15-12-5-7-16-9-11(12)14(18)17-8-6-10-3-1-2-4-13(10)17/h1-5,7,9H,6,8H2,(H2,15,16). The van der Waals surface area contributed by atoms with Gasteiger partial charge in [-0.05, 0) is 24.1 Å². The first-order valence-corrected chi connectivity index (χ1v) is 5.86. The first-order valence-electron chi connectivity index (χ1n) is 5.86. The molecule has 90 valence electrons. The van der Waals surface area contributed by atoms with Crippen LogP contribution in [0.1, 0.15) is 15.9 Å². The maximum Gasteiger partial charge on any atom is 0.261 e. The minimum atomic E-state index is -0.0782. The number of carbonyl (C=O) groups is 1. The van der Waals surface area contributed by atoms with Crippen LogP contribution in [0.3, 0.4) is 0 Å². The van der Waals surface area contributed by atoms with Gasteiger partial charge in [0.2, 0.25) is 0 Å². The fourth-order valence-electron chi connectivity index (χ4n) is 2.28. The zero-order valence-electron chi connectivity index (χ0n) is 9.84. The number of nitrogen functional groups attached to an aromatic ring is 1. The van der Waals surface area contributed by atoms with Crippen molar-refractivity contribution in [2.24, 2.45) is 0 Å². The van der Waals surface area contributed by atoms with Crippen LogP contribution in [0.25, 0.3) is 0 Å². The van der Waals surface area contributed by atoms with Crippen molar-refractivity contribution in [3.05, 3.63) is 53.9 Å². The van der Waals surface area contributed by atoms with Crippen LogP contribution < -0.4 is 10.6 Å². The monoisotopic (exact) mass is 239 g/mol. The van der Waals surface area contributed by atoms with Crippen LogP contribution in [0.5, 0.6) is 0 Å². The molecule has 1 aliphatic rings. The van der Waals surface area contributed by atoms with Gasteiger partial charge in [0.25, 0.3) is 5.91 Å². The second-order valence-electron chi connectivity index (χ2n) is 4.30. The van der Waals surface area contributed by atoms with Gasteiger partial charge in [0.05, 0.1) is 5.56 Å². The fourth-order valence-corrected chi connectivity index (χ4v) is 2.28. The van der Waals surface area contributed by atoms with Gasteiger partial charge in [-0.15, -0.1) is 0 Å². The van der Waals surface area contributed by atoms with Gasteiger partial charge in [-0.25, -0.2) is 0 Å². The number of nitrogens with two attached hydrogens (primary N) is 1. The average Bonchev–Trinajstić information content (AvgIpc) is 2.82. The highest BCUT2D eigenvalue weighted by atomic mass is 16.2. The van der Waals surface area contributed by atoms with E-state index < -0.39 is 0 Å². The van der Waals surface area contributed by atoms with E-state index in [1.807, 2.05) is 18.2 Å². The molecule has 0 fully saturated rings. The topological polar surface area (TPSA) is 59.2 Å². The van der Waals surface area contributed by atoms with Crippen molar-refractivity contribution in [1.82, 2.24) is 4.98 Å². The fraction of sp³-hybridized carbons (Fsp3) is 0.143. The predicted octanol–water partition coefficient (Wildman–Crippen LogP) is 1.87. The number of fused-ring (bicyclic) bond motifs is 1. The molecule has 2 N–H and O–H groups in total. The summed E-state index contributed by atoms with van der Waals surface area (Å²) >= 11 is 0. The second-order valence-corrected chi connectivity index (χ2v) is 4.30. The van der Waals surface area contributed by atoms with Crippen LogP contribution in [-0.2, 0) is 6.42 Å². The maximum atomic E-state index is 12.4. The summed E-state index contributed by atoms with van der Waals surface area (Å²) in [7, 11) is 0. The third-order valence-electron chi connectivity index (χ3n) is 3.22. The number of rotatable bonds is 1. The maximum absolute atomic E-state index is 12.4. The van der Waals surface area contributed by atoms with Gasteiger partial charge >= 0.3 is 0 Å². The normalized spacial score (nSPS) is 13.4. The van der Waals surface area contributed by atoms with Gasteiger partial charge in [-0.1, -0.05) is 18.2 Å². The SMILES string of the molecule is Nc1ccncc1C(=O)N1CCc2ccccc21. The highest BCUT2D eigenvalue weighted by Crippen LogP contribution is 2.29. The molecular weight excluding hydrogens is 226 g/mol. The van der Waals surface area contributed by atoms with Crippen LogP contribution in [-0.4, -0.2) is 17.4 Å². The zero-order valence-corrected chi connectivity index (χ0v) is 9.84. The van der Waals surface area contributed by atoms with Crippen molar-refractivity contribution in [1.29, 1.82) is 0 Å². The third kappa shape index (κ3) is 1.62. The van der Waals surface area contributed by atoms with Crippen molar-refractivity contribution in [3.8, 4) is 0 Å². The molecule has 1 aromatic carbocycles. The lowest BCUT2D eigenvalue weighted by molar-refractivity contribution is 0.0990. The Bertz CT molecular complexity index is 609. The smallest absolute Gasteiger partial charge is 0.261 e. The van der Waals surface area contributed by atoms with E-state index in [9.17, 15) is 4.79 Å². The van der Waals surface area contributed by atoms with Gasteiger partial charge in [-0.2, -0.15) is 0 Å². The van der Waals surface area contributed by atoms with E-state index >= 15 is 0 Å². The molecule has 0 atom stereocenters. The van der Waals surface area contributed by atoms with E-state index in [1.54, 1.807) is 17.2 Å². The summed E-state index contributed by atoms with van der Waals surface area (Å²) in [4.78, 5) is 18.2. The Morgan fingerprint density at radius 1 is 1.28 bits per heavy atom. The largest absolute Gasteiger partial charge is 0.398 e. The number of nitrogens with zero attached hydrogens (tertiary/aromatic N) is 2. The van der Waals surface area contributed by atoms with Crippen molar-refractivity contribution in [2.75, 3.05) is 17.2 Å². The van der Waals surface area contributed by atoms with Crippen molar-refractivity contribution in [2.45, 2.75) is 6.42 Å². The molecule has 0 unspecified atom stereocenters. The molecule has 2 aromatic rings. The number of anilines is 2. The van der Waals surface area contributed by atoms with Gasteiger partial charge < -0.3 is 10.6 Å². The molecule has 3 rings (SSSR count). The van der Waals surface area contributed by atoms with E-state index in [0.29, 0.717) is 17.8 Å². The molecule has 0 aliphatic carbocycles. The summed E-state index contributed by atoms with van der Waals surface area (Å²) in [6.07, 6.45) is 4.00. The van der Waals surface area contributed by atoms with Gasteiger partial charge in [0, 0.05) is 30.3 Å². The summed E-state index contributed by atoms with van der Waals surface area (Å²) in [5.74, 6) is -0.0782. The summed E-state index contributed by atoms with van der Waals surface area (Å²) in [6.45, 7) is 0.701. The van der Waals surface area contributed by atoms with Crippen LogP contribution in [0.4, 0.5) is 11.4 Å². The number of pyridine rings is 1. The summed E-state index contributed by atoms with van der Waals surface area (Å²) in [5, 5.41) is 0. The molecule has 0 spiro atoms. The number of hydrogen-bond acceptors (Lipinski definition) is 3. The van der Waals surface area contributed by atoms with Gasteiger partial charge in [0.1, 0.15) is 0 Å². The molecule has 0 saturated carbocycles. The molecule has 18 heavy (non-hydrogen) atoms. The Morgan fingerprint density at radius 2 is 2.11 bits per heavy atom. The first kappa shape index (κ1) is 10.8.